The summed E-state index contributed by atoms with van der Waals surface area (Å²) in [4.78, 5) is 27.2. The van der Waals surface area contributed by atoms with Gasteiger partial charge in [-0.2, -0.15) is 0 Å². The molecule has 7 nitrogen and oxygen atoms in total. The topological polar surface area (TPSA) is 62.3 Å². The molecule has 0 radical (unpaired) electrons. The van der Waals surface area contributed by atoms with Gasteiger partial charge in [0.15, 0.2) is 11.6 Å². The molecule has 1 aromatic carbocycles. The highest BCUT2D eigenvalue weighted by atomic mass is 32.1. The Morgan fingerprint density at radius 2 is 1.96 bits per heavy atom. The lowest BCUT2D eigenvalue weighted by atomic mass is 10.2. The predicted molar refractivity (Wildman–Crippen MR) is 96.9 cm³/mol. The van der Waals surface area contributed by atoms with Crippen molar-refractivity contribution in [2.24, 2.45) is 0 Å². The van der Waals surface area contributed by atoms with Crippen LogP contribution in [0, 0.1) is 11.6 Å². The van der Waals surface area contributed by atoms with E-state index in [0.29, 0.717) is 10.9 Å². The fourth-order valence-electron chi connectivity index (χ4n) is 2.77. The van der Waals surface area contributed by atoms with Crippen LogP contribution in [0.15, 0.2) is 12.1 Å². The Kier molecular flexibility index (Phi) is 5.19. The van der Waals surface area contributed by atoms with Crippen LogP contribution in [0.3, 0.4) is 0 Å². The zero-order valence-electron chi connectivity index (χ0n) is 13.6. The van der Waals surface area contributed by atoms with Gasteiger partial charge < -0.3 is 14.4 Å². The maximum atomic E-state index is 14.4. The molecule has 140 valence electrons. The number of hydrogen-bond donors (Lipinski definition) is 1. The van der Waals surface area contributed by atoms with Crippen LogP contribution < -0.4 is 9.80 Å². The Morgan fingerprint density at radius 1 is 1.31 bits per heavy atom. The van der Waals surface area contributed by atoms with Crippen molar-refractivity contribution in [3.63, 3.8) is 0 Å². The molecule has 0 bridgehead atoms. The number of rotatable bonds is 4. The van der Waals surface area contributed by atoms with Gasteiger partial charge in [0.05, 0.1) is 25.3 Å². The van der Waals surface area contributed by atoms with Crippen molar-refractivity contribution in [3.05, 3.63) is 23.8 Å². The van der Waals surface area contributed by atoms with Crippen molar-refractivity contribution in [3.8, 4) is 0 Å². The minimum atomic E-state index is -0.969. The van der Waals surface area contributed by atoms with Gasteiger partial charge >= 0.3 is 12.2 Å². The maximum Gasteiger partial charge on any atom is 0.414 e. The number of benzene rings is 1. The molecule has 3 rings (SSSR count). The second-order valence-electron chi connectivity index (χ2n) is 5.80. The van der Waals surface area contributed by atoms with E-state index in [9.17, 15) is 18.4 Å². The number of carbonyl (C=O) groups excluding carboxylic acids is 2. The Balaban J connectivity index is 1.80. The number of carbonyl (C=O) groups is 2. The molecule has 0 saturated carbocycles. The van der Waals surface area contributed by atoms with Crippen molar-refractivity contribution in [2.75, 3.05) is 43.1 Å². The number of thiol groups is 1. The van der Waals surface area contributed by atoms with Gasteiger partial charge in [0.1, 0.15) is 22.7 Å². The SMILES string of the molecule is CN(C[C@@H]1CN(c2cc(F)c(N3CCOC3=O)c(F)c2)C(=O)O1)C(=S)S. The predicted octanol–water partition coefficient (Wildman–Crippen LogP) is 2.39. The second-order valence-corrected chi connectivity index (χ2v) is 6.92. The van der Waals surface area contributed by atoms with Gasteiger partial charge in [-0.25, -0.2) is 18.4 Å². The molecule has 0 N–H and O–H groups in total. The van der Waals surface area contributed by atoms with E-state index in [1.807, 2.05) is 0 Å². The maximum absolute atomic E-state index is 14.4. The summed E-state index contributed by atoms with van der Waals surface area (Å²) in [5, 5.41) is 0. The van der Waals surface area contributed by atoms with Gasteiger partial charge in [-0.05, 0) is 0 Å². The molecule has 2 heterocycles. The Morgan fingerprint density at radius 3 is 2.50 bits per heavy atom. The van der Waals surface area contributed by atoms with E-state index >= 15 is 0 Å². The molecular weight excluding hydrogens is 388 g/mol. The van der Waals surface area contributed by atoms with E-state index < -0.39 is 35.6 Å². The van der Waals surface area contributed by atoms with Crippen LogP contribution >= 0.6 is 24.8 Å². The van der Waals surface area contributed by atoms with E-state index in [1.165, 1.54) is 0 Å². The smallest absolute Gasteiger partial charge is 0.414 e. The van der Waals surface area contributed by atoms with Gasteiger partial charge in [0, 0.05) is 19.2 Å². The number of likely N-dealkylation sites (N-methyl/N-ethyl adjacent to an activating group) is 1. The summed E-state index contributed by atoms with van der Waals surface area (Å²) >= 11 is 8.94. The lowest BCUT2D eigenvalue weighted by molar-refractivity contribution is 0.131. The standard InChI is InChI=1S/C15H15F2N3O4S2/c1-18(15(25)26)6-9-7-20(14(22)24-9)8-4-10(16)12(11(17)5-8)19-2-3-23-13(19)21/h4-5,9H,2-3,6-7H2,1H3,(H,25,26)/t9-/m1/s1. The van der Waals surface area contributed by atoms with Crippen molar-refractivity contribution < 1.29 is 27.8 Å². The molecule has 1 aromatic rings. The summed E-state index contributed by atoms with van der Waals surface area (Å²) in [5.41, 5.74) is -0.500. The minimum Gasteiger partial charge on any atom is -0.447 e. The van der Waals surface area contributed by atoms with Crippen LogP contribution in [0.1, 0.15) is 0 Å². The molecule has 2 aliphatic rings. The Bertz CT molecular complexity index is 756. The zero-order valence-corrected chi connectivity index (χ0v) is 15.4. The highest BCUT2D eigenvalue weighted by molar-refractivity contribution is 8.10. The van der Waals surface area contributed by atoms with Crippen molar-refractivity contribution in [1.29, 1.82) is 0 Å². The fraction of sp³-hybridized carbons (Fsp3) is 0.400. The van der Waals surface area contributed by atoms with Crippen LogP contribution in [0.5, 0.6) is 0 Å². The first-order chi connectivity index (χ1) is 12.3. The Hall–Kier alpha value is -2.14. The molecule has 2 saturated heterocycles. The summed E-state index contributed by atoms with van der Waals surface area (Å²) in [6.07, 6.45) is -2.07. The van der Waals surface area contributed by atoms with Gasteiger partial charge in [-0.15, -0.1) is 12.6 Å². The van der Waals surface area contributed by atoms with E-state index in [-0.39, 0.29) is 25.4 Å². The number of hydrogen-bond acceptors (Lipinski definition) is 5. The van der Waals surface area contributed by atoms with Crippen LogP contribution in [0.25, 0.3) is 0 Å². The fourth-order valence-corrected chi connectivity index (χ4v) is 2.93. The lowest BCUT2D eigenvalue weighted by Gasteiger charge is -2.20. The summed E-state index contributed by atoms with van der Waals surface area (Å²) < 4.78 is 39.1. The molecule has 0 aliphatic carbocycles. The third kappa shape index (κ3) is 3.54. The average molecular weight is 403 g/mol. The van der Waals surface area contributed by atoms with E-state index in [2.05, 4.69) is 12.6 Å². The zero-order chi connectivity index (χ0) is 19.0. The number of anilines is 2. The number of ether oxygens (including phenoxy) is 2. The number of halogens is 2. The molecule has 0 aromatic heterocycles. The largest absolute Gasteiger partial charge is 0.447 e. The minimum absolute atomic E-state index is 0.0000765. The molecule has 11 heteroatoms. The Labute approximate surface area is 158 Å². The molecular formula is C15H15F2N3O4S2. The first-order valence-corrected chi connectivity index (χ1v) is 8.49. The van der Waals surface area contributed by atoms with Gasteiger partial charge in [-0.1, -0.05) is 12.2 Å². The second kappa shape index (κ2) is 7.23. The monoisotopic (exact) mass is 403 g/mol. The lowest BCUT2D eigenvalue weighted by Crippen LogP contribution is -2.33. The number of cyclic esters (lactones) is 2. The van der Waals surface area contributed by atoms with Crippen LogP contribution in [0.4, 0.5) is 29.7 Å². The van der Waals surface area contributed by atoms with Crippen LogP contribution in [-0.2, 0) is 9.47 Å². The molecule has 26 heavy (non-hydrogen) atoms. The van der Waals surface area contributed by atoms with E-state index in [0.717, 1.165) is 21.9 Å². The molecule has 2 aliphatic heterocycles. The summed E-state index contributed by atoms with van der Waals surface area (Å²) in [5.74, 6) is -1.94. The number of nitrogens with zero attached hydrogens (tertiary/aromatic N) is 3. The normalized spacial score (nSPS) is 19.6. The average Bonchev–Trinajstić information content (AvgIpc) is 3.12. The third-order valence-electron chi connectivity index (χ3n) is 4.02. The van der Waals surface area contributed by atoms with Gasteiger partial charge in [-0.3, -0.25) is 9.80 Å². The highest BCUT2D eigenvalue weighted by Gasteiger charge is 2.35. The summed E-state index contributed by atoms with van der Waals surface area (Å²) in [7, 11) is 1.69. The molecule has 1 atom stereocenters. The molecule has 2 fully saturated rings. The molecule has 2 amide bonds. The number of thiocarbonyl (C=S) groups is 1. The van der Waals surface area contributed by atoms with Crippen molar-refractivity contribution in [2.45, 2.75) is 6.10 Å². The summed E-state index contributed by atoms with van der Waals surface area (Å²) in [6, 6.07) is 1.97. The van der Waals surface area contributed by atoms with Crippen LogP contribution in [0.2, 0.25) is 0 Å². The van der Waals surface area contributed by atoms with Crippen molar-refractivity contribution >= 4 is 52.7 Å². The van der Waals surface area contributed by atoms with E-state index in [1.54, 1.807) is 11.9 Å². The quantitative estimate of drug-likeness (QED) is 0.615. The van der Waals surface area contributed by atoms with Crippen molar-refractivity contribution in [1.82, 2.24) is 4.90 Å². The molecule has 0 spiro atoms. The van der Waals surface area contributed by atoms with Crippen LogP contribution in [-0.4, -0.2) is 60.8 Å². The third-order valence-corrected chi connectivity index (χ3v) is 4.68. The van der Waals surface area contributed by atoms with E-state index in [4.69, 9.17) is 21.7 Å². The first kappa shape index (κ1) is 18.6. The highest BCUT2D eigenvalue weighted by Crippen LogP contribution is 2.32. The van der Waals surface area contributed by atoms with Gasteiger partial charge in [0.25, 0.3) is 0 Å². The number of amides is 2. The summed E-state index contributed by atoms with van der Waals surface area (Å²) in [6.45, 7) is 0.507. The molecule has 0 unspecified atom stereocenters. The van der Waals surface area contributed by atoms with Gasteiger partial charge in [0.2, 0.25) is 0 Å². The first-order valence-electron chi connectivity index (χ1n) is 7.63.